The Morgan fingerprint density at radius 2 is 2.00 bits per heavy atom. The fraction of sp³-hybridized carbons (Fsp3) is 0.231. The lowest BCUT2D eigenvalue weighted by Gasteiger charge is -2.28. The van der Waals surface area contributed by atoms with Crippen molar-refractivity contribution in [2.75, 3.05) is 0 Å². The van der Waals surface area contributed by atoms with Crippen LogP contribution in [0.3, 0.4) is 0 Å². The number of ketones is 1. The molecule has 0 bridgehead atoms. The van der Waals surface area contributed by atoms with E-state index in [0.717, 1.165) is 0 Å². The maximum atomic E-state index is 12.1. The summed E-state index contributed by atoms with van der Waals surface area (Å²) in [6.45, 7) is 1.88. The van der Waals surface area contributed by atoms with Crippen molar-refractivity contribution >= 4 is 11.7 Å². The summed E-state index contributed by atoms with van der Waals surface area (Å²) in [5, 5.41) is 0. The summed E-state index contributed by atoms with van der Waals surface area (Å²) in [4.78, 5) is 24.8. The van der Waals surface area contributed by atoms with Gasteiger partial charge in [0, 0.05) is 24.2 Å². The molecule has 1 heterocycles. The predicted octanol–water partition coefficient (Wildman–Crippen LogP) is 2.00. The van der Waals surface area contributed by atoms with Crippen LogP contribution in [0.1, 0.15) is 23.7 Å². The molecular weight excluding hydrogens is 202 g/mol. The topological polar surface area (TPSA) is 37.4 Å². The van der Waals surface area contributed by atoms with E-state index >= 15 is 0 Å². The van der Waals surface area contributed by atoms with Crippen LogP contribution in [0.25, 0.3) is 0 Å². The Bertz CT molecular complexity index is 437. The van der Waals surface area contributed by atoms with Crippen LogP contribution in [0.4, 0.5) is 0 Å². The first-order chi connectivity index (χ1) is 7.68. The van der Waals surface area contributed by atoms with Gasteiger partial charge in [-0.1, -0.05) is 18.2 Å². The summed E-state index contributed by atoms with van der Waals surface area (Å²) < 4.78 is 0. The highest BCUT2D eigenvalue weighted by Crippen LogP contribution is 2.15. The standard InChI is InChI=1S/C13H13NO2/c1-10-9-12(15)7-8-14(10)13(16)11-5-3-2-4-6-11/h2-8,10H,9H2,1H3. The van der Waals surface area contributed by atoms with E-state index in [1.54, 1.807) is 23.2 Å². The van der Waals surface area contributed by atoms with Gasteiger partial charge in [-0.15, -0.1) is 0 Å². The highest BCUT2D eigenvalue weighted by molar-refractivity contribution is 5.98. The number of hydrogen-bond donors (Lipinski definition) is 0. The summed E-state index contributed by atoms with van der Waals surface area (Å²) in [7, 11) is 0. The third kappa shape index (κ3) is 2.03. The molecule has 3 heteroatoms. The lowest BCUT2D eigenvalue weighted by Crippen LogP contribution is -2.38. The van der Waals surface area contributed by atoms with E-state index in [4.69, 9.17) is 0 Å². The number of carbonyl (C=O) groups excluding carboxylic acids is 2. The molecule has 0 N–H and O–H groups in total. The van der Waals surface area contributed by atoms with E-state index < -0.39 is 0 Å². The maximum Gasteiger partial charge on any atom is 0.258 e. The van der Waals surface area contributed by atoms with Gasteiger partial charge in [0.1, 0.15) is 0 Å². The fourth-order valence-corrected chi connectivity index (χ4v) is 1.77. The highest BCUT2D eigenvalue weighted by atomic mass is 16.2. The first kappa shape index (κ1) is 10.6. The van der Waals surface area contributed by atoms with Crippen LogP contribution in [0.2, 0.25) is 0 Å². The van der Waals surface area contributed by atoms with Gasteiger partial charge in [0.05, 0.1) is 0 Å². The number of benzene rings is 1. The second-order valence-electron chi connectivity index (χ2n) is 3.91. The SMILES string of the molecule is CC1CC(=O)C=CN1C(=O)c1ccccc1. The summed E-state index contributed by atoms with van der Waals surface area (Å²) >= 11 is 0. The van der Waals surface area contributed by atoms with Crippen LogP contribution in [0, 0.1) is 0 Å². The summed E-state index contributed by atoms with van der Waals surface area (Å²) in [6.07, 6.45) is 3.43. The van der Waals surface area contributed by atoms with Crippen LogP contribution in [0.5, 0.6) is 0 Å². The Morgan fingerprint density at radius 1 is 1.31 bits per heavy atom. The van der Waals surface area contributed by atoms with Gasteiger partial charge in [-0.2, -0.15) is 0 Å². The first-order valence-electron chi connectivity index (χ1n) is 5.27. The summed E-state index contributed by atoms with van der Waals surface area (Å²) in [5.41, 5.74) is 0.647. The van der Waals surface area contributed by atoms with E-state index in [0.29, 0.717) is 12.0 Å². The molecule has 1 amide bonds. The first-order valence-corrected chi connectivity index (χ1v) is 5.27. The molecule has 0 saturated carbocycles. The quantitative estimate of drug-likeness (QED) is 0.718. The van der Waals surface area contributed by atoms with Crippen molar-refractivity contribution in [1.29, 1.82) is 0 Å². The van der Waals surface area contributed by atoms with Gasteiger partial charge in [0.2, 0.25) is 0 Å². The molecule has 0 saturated heterocycles. The number of carbonyl (C=O) groups is 2. The minimum absolute atomic E-state index is 0.0585. The molecule has 0 aliphatic carbocycles. The monoisotopic (exact) mass is 215 g/mol. The smallest absolute Gasteiger partial charge is 0.258 e. The third-order valence-corrected chi connectivity index (χ3v) is 2.65. The molecular formula is C13H13NO2. The number of hydrogen-bond acceptors (Lipinski definition) is 2. The third-order valence-electron chi connectivity index (χ3n) is 2.65. The molecule has 3 nitrogen and oxygen atoms in total. The average Bonchev–Trinajstić information content (AvgIpc) is 2.29. The van der Waals surface area contributed by atoms with Crippen molar-refractivity contribution in [2.45, 2.75) is 19.4 Å². The molecule has 82 valence electrons. The minimum Gasteiger partial charge on any atom is -0.312 e. The van der Waals surface area contributed by atoms with Crippen molar-refractivity contribution in [3.63, 3.8) is 0 Å². The van der Waals surface area contributed by atoms with Gasteiger partial charge < -0.3 is 4.90 Å². The van der Waals surface area contributed by atoms with Crippen LogP contribution in [-0.4, -0.2) is 22.6 Å². The summed E-state index contributed by atoms with van der Waals surface area (Å²) in [5.74, 6) is 0.0152. The van der Waals surface area contributed by atoms with Crippen molar-refractivity contribution in [3.05, 3.63) is 48.2 Å². The molecule has 0 spiro atoms. The van der Waals surface area contributed by atoms with Gasteiger partial charge in [-0.3, -0.25) is 9.59 Å². The Balaban J connectivity index is 2.23. The van der Waals surface area contributed by atoms with E-state index in [2.05, 4.69) is 0 Å². The molecule has 1 atom stereocenters. The molecule has 2 rings (SSSR count). The average molecular weight is 215 g/mol. The van der Waals surface area contributed by atoms with Crippen LogP contribution in [-0.2, 0) is 4.79 Å². The molecule has 0 radical (unpaired) electrons. The van der Waals surface area contributed by atoms with Gasteiger partial charge >= 0.3 is 0 Å². The number of amides is 1. The van der Waals surface area contributed by atoms with E-state index in [-0.39, 0.29) is 17.7 Å². The van der Waals surface area contributed by atoms with E-state index in [9.17, 15) is 9.59 Å². The Morgan fingerprint density at radius 3 is 2.62 bits per heavy atom. The van der Waals surface area contributed by atoms with Crippen molar-refractivity contribution in [3.8, 4) is 0 Å². The van der Waals surface area contributed by atoms with Crippen molar-refractivity contribution in [1.82, 2.24) is 4.90 Å². The van der Waals surface area contributed by atoms with Crippen molar-refractivity contribution < 1.29 is 9.59 Å². The number of rotatable bonds is 1. The normalized spacial score (nSPS) is 19.9. The second kappa shape index (κ2) is 4.31. The van der Waals surface area contributed by atoms with Gasteiger partial charge in [-0.05, 0) is 25.1 Å². The number of nitrogens with zero attached hydrogens (tertiary/aromatic N) is 1. The molecule has 0 fully saturated rings. The minimum atomic E-state index is -0.0646. The van der Waals surface area contributed by atoms with E-state index in [1.165, 1.54) is 6.08 Å². The largest absolute Gasteiger partial charge is 0.312 e. The van der Waals surface area contributed by atoms with Gasteiger partial charge in [0.25, 0.3) is 5.91 Å². The lowest BCUT2D eigenvalue weighted by atomic mass is 10.1. The molecule has 1 aliphatic rings. The van der Waals surface area contributed by atoms with Gasteiger partial charge in [0.15, 0.2) is 5.78 Å². The van der Waals surface area contributed by atoms with Crippen LogP contribution >= 0.6 is 0 Å². The van der Waals surface area contributed by atoms with E-state index in [1.807, 2.05) is 25.1 Å². The second-order valence-corrected chi connectivity index (χ2v) is 3.91. The molecule has 1 unspecified atom stereocenters. The predicted molar refractivity (Wildman–Crippen MR) is 60.8 cm³/mol. The zero-order valence-electron chi connectivity index (χ0n) is 9.09. The van der Waals surface area contributed by atoms with Crippen LogP contribution < -0.4 is 0 Å². The molecule has 1 aromatic rings. The molecule has 1 aliphatic heterocycles. The zero-order valence-corrected chi connectivity index (χ0v) is 9.09. The fourth-order valence-electron chi connectivity index (χ4n) is 1.77. The Labute approximate surface area is 94.4 Å². The maximum absolute atomic E-state index is 12.1. The molecule has 1 aromatic carbocycles. The Hall–Kier alpha value is -1.90. The van der Waals surface area contributed by atoms with Crippen molar-refractivity contribution in [2.24, 2.45) is 0 Å². The highest BCUT2D eigenvalue weighted by Gasteiger charge is 2.24. The Kier molecular flexibility index (Phi) is 2.86. The molecule has 0 aromatic heterocycles. The van der Waals surface area contributed by atoms with Crippen LogP contribution in [0.15, 0.2) is 42.6 Å². The van der Waals surface area contributed by atoms with Gasteiger partial charge in [-0.25, -0.2) is 0 Å². The summed E-state index contributed by atoms with van der Waals surface area (Å²) in [6, 6.07) is 9.02. The number of allylic oxidation sites excluding steroid dienone is 1. The molecule has 16 heavy (non-hydrogen) atoms. The lowest BCUT2D eigenvalue weighted by molar-refractivity contribution is -0.115. The zero-order chi connectivity index (χ0) is 11.5.